The van der Waals surface area contributed by atoms with Crippen molar-refractivity contribution >= 4 is 5.82 Å². The maximum Gasteiger partial charge on any atom is 0.166 e. The van der Waals surface area contributed by atoms with Gasteiger partial charge in [0.25, 0.3) is 0 Å². The van der Waals surface area contributed by atoms with Gasteiger partial charge in [0.05, 0.1) is 11.8 Å². The van der Waals surface area contributed by atoms with Crippen LogP contribution in [0.4, 0.5) is 5.82 Å². The monoisotopic (exact) mass is 234 g/mol. The highest BCUT2D eigenvalue weighted by molar-refractivity contribution is 5.50. The topological polar surface area (TPSA) is 70.8 Å². The van der Waals surface area contributed by atoms with E-state index in [0.717, 1.165) is 19.6 Å². The quantitative estimate of drug-likeness (QED) is 0.813. The fourth-order valence-corrected chi connectivity index (χ4v) is 1.34. The first-order chi connectivity index (χ1) is 8.09. The van der Waals surface area contributed by atoms with Gasteiger partial charge in [0.2, 0.25) is 0 Å². The second-order valence-electron chi connectivity index (χ2n) is 4.67. The molecule has 1 aromatic rings. The van der Waals surface area contributed by atoms with Crippen LogP contribution in [-0.4, -0.2) is 30.5 Å². The van der Waals surface area contributed by atoms with Crippen LogP contribution in [0.1, 0.15) is 25.8 Å². The number of hydrogen-bond acceptors (Lipinski definition) is 5. The van der Waals surface area contributed by atoms with Crippen LogP contribution in [0.5, 0.6) is 0 Å². The van der Waals surface area contributed by atoms with Crippen molar-refractivity contribution < 1.29 is 4.74 Å². The molecule has 0 aromatic carbocycles. The summed E-state index contributed by atoms with van der Waals surface area (Å²) in [5.74, 6) is 0.542. The predicted molar refractivity (Wildman–Crippen MR) is 65.5 cm³/mol. The van der Waals surface area contributed by atoms with Crippen LogP contribution in [0.2, 0.25) is 0 Å². The van der Waals surface area contributed by atoms with Gasteiger partial charge in [-0.1, -0.05) is 13.8 Å². The molecule has 0 spiro atoms. The number of aromatic nitrogens is 2. The number of nitrogens with zero attached hydrogens (tertiary/aromatic N) is 3. The van der Waals surface area contributed by atoms with Crippen molar-refractivity contribution in [1.82, 2.24) is 10.2 Å². The standard InChI is InChI=1S/C12H18N4O/c1-12(2,5-7-17-3)9-14-11-10(8-13)4-6-15-16-11/h4,6H,5,7,9H2,1-3H3,(H,14,16). The first-order valence-electron chi connectivity index (χ1n) is 5.54. The average Bonchev–Trinajstić information content (AvgIpc) is 2.34. The van der Waals surface area contributed by atoms with E-state index in [2.05, 4.69) is 35.4 Å². The first kappa shape index (κ1) is 13.4. The Kier molecular flexibility index (Phi) is 4.85. The molecule has 92 valence electrons. The Morgan fingerprint density at radius 2 is 2.29 bits per heavy atom. The number of nitriles is 1. The molecule has 17 heavy (non-hydrogen) atoms. The molecule has 0 bridgehead atoms. The lowest BCUT2D eigenvalue weighted by Crippen LogP contribution is -2.25. The smallest absolute Gasteiger partial charge is 0.166 e. The minimum Gasteiger partial charge on any atom is -0.385 e. The summed E-state index contributed by atoms with van der Waals surface area (Å²) in [7, 11) is 1.69. The fourth-order valence-electron chi connectivity index (χ4n) is 1.34. The Labute approximate surface area is 102 Å². The number of nitrogens with one attached hydrogen (secondary N) is 1. The molecule has 0 amide bonds. The second kappa shape index (κ2) is 6.16. The average molecular weight is 234 g/mol. The Balaban J connectivity index is 2.58. The molecule has 0 fully saturated rings. The highest BCUT2D eigenvalue weighted by atomic mass is 16.5. The third kappa shape index (κ3) is 4.37. The van der Waals surface area contributed by atoms with Crippen molar-refractivity contribution in [3.8, 4) is 6.07 Å². The van der Waals surface area contributed by atoms with E-state index in [-0.39, 0.29) is 5.41 Å². The van der Waals surface area contributed by atoms with Crippen molar-refractivity contribution in [3.63, 3.8) is 0 Å². The normalized spacial score (nSPS) is 10.9. The van der Waals surface area contributed by atoms with E-state index < -0.39 is 0 Å². The van der Waals surface area contributed by atoms with E-state index in [1.807, 2.05) is 0 Å². The lowest BCUT2D eigenvalue weighted by molar-refractivity contribution is 0.157. The van der Waals surface area contributed by atoms with Gasteiger partial charge < -0.3 is 10.1 Å². The number of ether oxygens (including phenoxy) is 1. The molecule has 1 heterocycles. The molecule has 1 rings (SSSR count). The molecule has 0 saturated carbocycles. The largest absolute Gasteiger partial charge is 0.385 e. The molecule has 0 radical (unpaired) electrons. The minimum absolute atomic E-state index is 0.0836. The van der Waals surface area contributed by atoms with Gasteiger partial charge in [-0.3, -0.25) is 0 Å². The van der Waals surface area contributed by atoms with Gasteiger partial charge in [-0.25, -0.2) is 0 Å². The van der Waals surface area contributed by atoms with E-state index in [1.165, 1.54) is 6.20 Å². The van der Waals surface area contributed by atoms with Crippen LogP contribution < -0.4 is 5.32 Å². The molecule has 5 nitrogen and oxygen atoms in total. The molecular weight excluding hydrogens is 216 g/mol. The summed E-state index contributed by atoms with van der Waals surface area (Å²) in [5.41, 5.74) is 0.600. The second-order valence-corrected chi connectivity index (χ2v) is 4.67. The van der Waals surface area contributed by atoms with Crippen molar-refractivity contribution in [1.29, 1.82) is 5.26 Å². The maximum absolute atomic E-state index is 8.91. The minimum atomic E-state index is 0.0836. The molecule has 0 unspecified atom stereocenters. The molecular formula is C12H18N4O. The molecule has 0 saturated heterocycles. The van der Waals surface area contributed by atoms with Gasteiger partial charge in [-0.2, -0.15) is 10.4 Å². The van der Waals surface area contributed by atoms with Crippen LogP contribution in [-0.2, 0) is 4.74 Å². The van der Waals surface area contributed by atoms with Gasteiger partial charge in [0.1, 0.15) is 6.07 Å². The Hall–Kier alpha value is -1.67. The van der Waals surface area contributed by atoms with E-state index in [1.54, 1.807) is 13.2 Å². The lowest BCUT2D eigenvalue weighted by Gasteiger charge is -2.24. The number of methoxy groups -OCH3 is 1. The molecule has 0 aliphatic heterocycles. The summed E-state index contributed by atoms with van der Waals surface area (Å²) in [5, 5.41) is 19.8. The molecule has 0 aliphatic carbocycles. The predicted octanol–water partition coefficient (Wildman–Crippen LogP) is 1.82. The summed E-state index contributed by atoms with van der Waals surface area (Å²) in [6.07, 6.45) is 2.46. The molecule has 5 heteroatoms. The van der Waals surface area contributed by atoms with Crippen LogP contribution in [0.15, 0.2) is 12.3 Å². The highest BCUT2D eigenvalue weighted by Crippen LogP contribution is 2.21. The van der Waals surface area contributed by atoms with Crippen molar-refractivity contribution in [2.45, 2.75) is 20.3 Å². The fraction of sp³-hybridized carbons (Fsp3) is 0.583. The zero-order valence-electron chi connectivity index (χ0n) is 10.5. The van der Waals surface area contributed by atoms with Gasteiger partial charge in [-0.15, -0.1) is 5.10 Å². The third-order valence-corrected chi connectivity index (χ3v) is 2.56. The molecule has 0 atom stereocenters. The summed E-state index contributed by atoms with van der Waals surface area (Å²) in [4.78, 5) is 0. The highest BCUT2D eigenvalue weighted by Gasteiger charge is 2.18. The Morgan fingerprint density at radius 3 is 2.94 bits per heavy atom. The van der Waals surface area contributed by atoms with Crippen LogP contribution in [0.25, 0.3) is 0 Å². The summed E-state index contributed by atoms with van der Waals surface area (Å²) >= 11 is 0. The SMILES string of the molecule is COCCC(C)(C)CNc1nnccc1C#N. The summed E-state index contributed by atoms with van der Waals surface area (Å²) < 4.78 is 5.07. The van der Waals surface area contributed by atoms with Gasteiger partial charge in [-0.05, 0) is 17.9 Å². The Morgan fingerprint density at radius 1 is 1.53 bits per heavy atom. The number of anilines is 1. The van der Waals surface area contributed by atoms with Gasteiger partial charge >= 0.3 is 0 Å². The molecule has 0 aliphatic rings. The number of rotatable bonds is 6. The van der Waals surface area contributed by atoms with Crippen molar-refractivity contribution in [3.05, 3.63) is 17.8 Å². The molecule has 1 N–H and O–H groups in total. The third-order valence-electron chi connectivity index (χ3n) is 2.56. The summed E-state index contributed by atoms with van der Waals surface area (Å²) in [6, 6.07) is 3.74. The van der Waals surface area contributed by atoms with E-state index in [0.29, 0.717) is 11.4 Å². The van der Waals surface area contributed by atoms with Crippen molar-refractivity contribution in [2.75, 3.05) is 25.6 Å². The van der Waals surface area contributed by atoms with E-state index >= 15 is 0 Å². The van der Waals surface area contributed by atoms with Crippen LogP contribution in [0.3, 0.4) is 0 Å². The van der Waals surface area contributed by atoms with E-state index in [4.69, 9.17) is 10.00 Å². The van der Waals surface area contributed by atoms with E-state index in [9.17, 15) is 0 Å². The van der Waals surface area contributed by atoms with Crippen LogP contribution >= 0.6 is 0 Å². The number of hydrogen-bond donors (Lipinski definition) is 1. The van der Waals surface area contributed by atoms with Crippen molar-refractivity contribution in [2.24, 2.45) is 5.41 Å². The van der Waals surface area contributed by atoms with Gasteiger partial charge in [0.15, 0.2) is 5.82 Å². The lowest BCUT2D eigenvalue weighted by atomic mass is 9.90. The zero-order chi connectivity index (χ0) is 12.7. The zero-order valence-corrected chi connectivity index (χ0v) is 10.5. The summed E-state index contributed by atoms with van der Waals surface area (Å²) in [6.45, 7) is 5.73. The first-order valence-corrected chi connectivity index (χ1v) is 5.54. The van der Waals surface area contributed by atoms with Gasteiger partial charge in [0, 0.05) is 20.3 Å². The maximum atomic E-state index is 8.91. The van der Waals surface area contributed by atoms with Crippen LogP contribution in [0, 0.1) is 16.7 Å². The Bertz CT molecular complexity index is 398. The molecule has 1 aromatic heterocycles.